The van der Waals surface area contributed by atoms with Gasteiger partial charge in [0.2, 0.25) is 0 Å². The van der Waals surface area contributed by atoms with Gasteiger partial charge in [-0.15, -0.1) is 0 Å². The second-order valence-corrected chi connectivity index (χ2v) is 5.38. The molecule has 5 heteroatoms. The largest absolute Gasteiger partial charge is 0.396 e. The first-order valence-corrected chi connectivity index (χ1v) is 7.15. The van der Waals surface area contributed by atoms with E-state index in [4.69, 9.17) is 5.11 Å². The first-order valence-electron chi connectivity index (χ1n) is 7.15. The van der Waals surface area contributed by atoms with E-state index in [2.05, 4.69) is 15.6 Å². The molecule has 0 fully saturated rings. The molecule has 1 aromatic carbocycles. The highest BCUT2D eigenvalue weighted by atomic mass is 16.3. The molecule has 0 radical (unpaired) electrons. The van der Waals surface area contributed by atoms with E-state index in [1.54, 1.807) is 0 Å². The quantitative estimate of drug-likeness (QED) is 0.648. The predicted molar refractivity (Wildman–Crippen MR) is 81.8 cm³/mol. The molecule has 4 N–H and O–H groups in total. The van der Waals surface area contributed by atoms with E-state index in [0.717, 1.165) is 23.0 Å². The Morgan fingerprint density at radius 3 is 2.95 bits per heavy atom. The number of para-hydroxylation sites is 1. The highest BCUT2D eigenvalue weighted by molar-refractivity contribution is 5.80. The normalized spacial score (nSPS) is 20.8. The van der Waals surface area contributed by atoms with E-state index >= 15 is 0 Å². The molecule has 5 nitrogen and oxygen atoms in total. The molecular weight excluding hydrogens is 266 g/mol. The Bertz CT molecular complexity index is 629. The van der Waals surface area contributed by atoms with Crippen molar-refractivity contribution in [2.24, 2.45) is 5.92 Å². The number of hydrogen-bond donors (Lipinski definition) is 4. The van der Waals surface area contributed by atoms with Gasteiger partial charge in [-0.1, -0.05) is 30.4 Å². The fourth-order valence-corrected chi connectivity index (χ4v) is 2.64. The summed E-state index contributed by atoms with van der Waals surface area (Å²) < 4.78 is 0. The van der Waals surface area contributed by atoms with Crippen LogP contribution >= 0.6 is 0 Å². The Morgan fingerprint density at radius 1 is 1.33 bits per heavy atom. The van der Waals surface area contributed by atoms with Crippen LogP contribution in [0.3, 0.4) is 0 Å². The van der Waals surface area contributed by atoms with Crippen molar-refractivity contribution in [2.75, 3.05) is 6.61 Å². The lowest BCUT2D eigenvalue weighted by atomic mass is 10.1. The number of hydrogen-bond acceptors (Lipinski definition) is 2. The number of rotatable bonds is 4. The van der Waals surface area contributed by atoms with E-state index in [-0.39, 0.29) is 24.6 Å². The number of nitrogens with one attached hydrogen (secondary N) is 3. The van der Waals surface area contributed by atoms with Gasteiger partial charge in [0.25, 0.3) is 0 Å². The molecule has 2 amide bonds. The minimum absolute atomic E-state index is 0.00450. The number of amides is 2. The second-order valence-electron chi connectivity index (χ2n) is 5.38. The molecular formula is C16H19N3O2. The van der Waals surface area contributed by atoms with Crippen LogP contribution in [-0.2, 0) is 6.54 Å². The lowest BCUT2D eigenvalue weighted by molar-refractivity contribution is 0.231. The lowest BCUT2D eigenvalue weighted by Gasteiger charge is -2.13. The standard InChI is InChI=1S/C16H19N3O2/c20-10-11-5-6-13(7-11)19-16(21)17-9-14-8-12-3-1-2-4-15(12)18-14/h1-6,8,11,13,18,20H,7,9-10H2,(H2,17,19,21)/t11-,13+/m0/s1. The maximum Gasteiger partial charge on any atom is 0.315 e. The molecule has 0 aliphatic heterocycles. The van der Waals surface area contributed by atoms with Gasteiger partial charge in [-0.25, -0.2) is 4.79 Å². The van der Waals surface area contributed by atoms with Crippen LogP contribution in [0, 0.1) is 5.92 Å². The Hall–Kier alpha value is -2.27. The molecule has 0 spiro atoms. The van der Waals surface area contributed by atoms with Crippen LogP contribution in [0.4, 0.5) is 4.79 Å². The molecule has 0 saturated heterocycles. The molecule has 2 aromatic rings. The Labute approximate surface area is 123 Å². The van der Waals surface area contributed by atoms with E-state index in [9.17, 15) is 4.79 Å². The smallest absolute Gasteiger partial charge is 0.315 e. The highest BCUT2D eigenvalue weighted by Crippen LogP contribution is 2.17. The average molecular weight is 285 g/mol. The third kappa shape index (κ3) is 3.25. The fourth-order valence-electron chi connectivity index (χ4n) is 2.64. The molecule has 21 heavy (non-hydrogen) atoms. The van der Waals surface area contributed by atoms with Crippen molar-refractivity contribution >= 4 is 16.9 Å². The van der Waals surface area contributed by atoms with E-state index < -0.39 is 0 Å². The number of H-pyrrole nitrogens is 1. The van der Waals surface area contributed by atoms with Crippen molar-refractivity contribution < 1.29 is 9.90 Å². The topological polar surface area (TPSA) is 77.2 Å². The van der Waals surface area contributed by atoms with Crippen LogP contribution in [0.1, 0.15) is 12.1 Å². The van der Waals surface area contributed by atoms with Gasteiger partial charge < -0.3 is 20.7 Å². The van der Waals surface area contributed by atoms with E-state index in [1.165, 1.54) is 0 Å². The summed E-state index contributed by atoms with van der Waals surface area (Å²) in [6, 6.07) is 9.86. The number of urea groups is 1. The van der Waals surface area contributed by atoms with Crippen LogP contribution in [-0.4, -0.2) is 28.8 Å². The highest BCUT2D eigenvalue weighted by Gasteiger charge is 2.19. The molecule has 0 bridgehead atoms. The first-order chi connectivity index (χ1) is 10.2. The van der Waals surface area contributed by atoms with Gasteiger partial charge >= 0.3 is 6.03 Å². The Balaban J connectivity index is 1.50. The zero-order chi connectivity index (χ0) is 14.7. The summed E-state index contributed by atoms with van der Waals surface area (Å²) in [5.41, 5.74) is 2.04. The second kappa shape index (κ2) is 6.01. The number of aliphatic hydroxyl groups is 1. The van der Waals surface area contributed by atoms with Gasteiger partial charge in [-0.2, -0.15) is 0 Å². The number of fused-ring (bicyclic) bond motifs is 1. The Morgan fingerprint density at radius 2 is 2.19 bits per heavy atom. The first kappa shape index (κ1) is 13.7. The zero-order valence-corrected chi connectivity index (χ0v) is 11.7. The van der Waals surface area contributed by atoms with Crippen molar-refractivity contribution in [2.45, 2.75) is 19.0 Å². The summed E-state index contributed by atoms with van der Waals surface area (Å²) in [7, 11) is 0. The molecule has 1 aliphatic carbocycles. The van der Waals surface area contributed by atoms with Gasteiger partial charge in [0.15, 0.2) is 0 Å². The molecule has 110 valence electrons. The van der Waals surface area contributed by atoms with Crippen LogP contribution in [0.2, 0.25) is 0 Å². The van der Waals surface area contributed by atoms with Crippen molar-refractivity contribution in [3.8, 4) is 0 Å². The van der Waals surface area contributed by atoms with Crippen LogP contribution in [0.25, 0.3) is 10.9 Å². The van der Waals surface area contributed by atoms with Gasteiger partial charge in [0.1, 0.15) is 0 Å². The van der Waals surface area contributed by atoms with Crippen LogP contribution in [0.5, 0.6) is 0 Å². The van der Waals surface area contributed by atoms with Gasteiger partial charge in [-0.05, 0) is 23.9 Å². The molecule has 0 unspecified atom stereocenters. The summed E-state index contributed by atoms with van der Waals surface area (Å²) in [4.78, 5) is 15.1. The number of aromatic amines is 1. The van der Waals surface area contributed by atoms with Crippen LogP contribution in [0.15, 0.2) is 42.5 Å². The number of carbonyl (C=O) groups is 1. The molecule has 3 rings (SSSR count). The van der Waals surface area contributed by atoms with Gasteiger partial charge in [-0.3, -0.25) is 0 Å². The SMILES string of the molecule is O=C(NCc1cc2ccccc2[nH]1)N[C@@H]1C=C[C@H](CO)C1. The molecule has 1 heterocycles. The zero-order valence-electron chi connectivity index (χ0n) is 11.7. The molecule has 1 aliphatic rings. The number of aromatic nitrogens is 1. The summed E-state index contributed by atoms with van der Waals surface area (Å²) in [5, 5.41) is 15.9. The fraction of sp³-hybridized carbons (Fsp3) is 0.312. The minimum Gasteiger partial charge on any atom is -0.396 e. The monoisotopic (exact) mass is 285 g/mol. The van der Waals surface area contributed by atoms with Crippen molar-refractivity contribution in [3.63, 3.8) is 0 Å². The summed E-state index contributed by atoms with van der Waals surface area (Å²) in [6.45, 7) is 0.589. The third-order valence-electron chi connectivity index (χ3n) is 3.75. The van der Waals surface area contributed by atoms with Gasteiger partial charge in [0.05, 0.1) is 6.54 Å². The average Bonchev–Trinajstić information content (AvgIpc) is 3.10. The minimum atomic E-state index is -0.193. The summed E-state index contributed by atoms with van der Waals surface area (Å²) >= 11 is 0. The summed E-state index contributed by atoms with van der Waals surface area (Å²) in [6.07, 6.45) is 4.64. The number of benzene rings is 1. The number of aliphatic hydroxyl groups excluding tert-OH is 1. The van der Waals surface area contributed by atoms with Gasteiger partial charge in [0, 0.05) is 29.8 Å². The number of carbonyl (C=O) groups excluding carboxylic acids is 1. The molecule has 0 saturated carbocycles. The lowest BCUT2D eigenvalue weighted by Crippen LogP contribution is -2.40. The van der Waals surface area contributed by atoms with E-state index in [1.807, 2.05) is 42.5 Å². The maximum atomic E-state index is 11.9. The van der Waals surface area contributed by atoms with E-state index in [0.29, 0.717) is 6.54 Å². The van der Waals surface area contributed by atoms with Crippen molar-refractivity contribution in [1.82, 2.24) is 15.6 Å². The summed E-state index contributed by atoms with van der Waals surface area (Å²) in [5.74, 6) is 0.156. The van der Waals surface area contributed by atoms with Crippen molar-refractivity contribution in [1.29, 1.82) is 0 Å². The third-order valence-corrected chi connectivity index (χ3v) is 3.75. The predicted octanol–water partition coefficient (Wildman–Crippen LogP) is 1.90. The van der Waals surface area contributed by atoms with Crippen LogP contribution < -0.4 is 10.6 Å². The molecule has 1 aromatic heterocycles. The molecule has 2 atom stereocenters. The maximum absolute atomic E-state index is 11.9. The van der Waals surface area contributed by atoms with Crippen molar-refractivity contribution in [3.05, 3.63) is 48.2 Å². The Kier molecular flexibility index (Phi) is 3.92.